The summed E-state index contributed by atoms with van der Waals surface area (Å²) in [6.07, 6.45) is -45.7. The van der Waals surface area contributed by atoms with Gasteiger partial charge in [-0.1, -0.05) is 65.3 Å². The number of hydrogen-bond donors (Lipinski definition) is 19. The largest absolute Gasteiger partial charge is 0.454 e. The molecule has 0 aromatic carbocycles. The topological polar surface area (TPSA) is 529 Å². The molecule has 102 heavy (non-hydrogen) atoms. The van der Waals surface area contributed by atoms with E-state index >= 15 is 0 Å². The molecule has 584 valence electrons. The molecule has 0 spiro atoms. The molecule has 19 N–H and O–H groups in total. The van der Waals surface area contributed by atoms with Gasteiger partial charge in [0.25, 0.3) is 0 Å². The van der Waals surface area contributed by atoms with Gasteiger partial charge in [-0.05, 0) is 94.8 Å². The van der Waals surface area contributed by atoms with Crippen LogP contribution in [0, 0.1) is 50.2 Å². The van der Waals surface area contributed by atoms with Crippen LogP contribution >= 0.6 is 0 Å². The summed E-state index contributed by atoms with van der Waals surface area (Å²) in [6, 6.07) is 0. The number of fused-ring (bicyclic) bond motifs is 7. The predicted molar refractivity (Wildman–Crippen MR) is 343 cm³/mol. The molecule has 0 aromatic heterocycles. The maximum atomic E-state index is 14.0. The van der Waals surface area contributed by atoms with Gasteiger partial charge in [0.1, 0.15) is 122 Å². The van der Waals surface area contributed by atoms with E-state index < -0.39 is 280 Å². The zero-order valence-electron chi connectivity index (χ0n) is 59.1. The van der Waals surface area contributed by atoms with Gasteiger partial charge in [0.15, 0.2) is 37.6 Å². The van der Waals surface area contributed by atoms with Gasteiger partial charge in [0.2, 0.25) is 0 Å². The maximum absolute atomic E-state index is 14.0. The third-order valence-electron chi connectivity index (χ3n) is 25.7. The van der Waals surface area contributed by atoms with Gasteiger partial charge in [-0.25, -0.2) is 9.59 Å². The van der Waals surface area contributed by atoms with Crippen LogP contribution in [-0.2, 0) is 66.4 Å². The van der Waals surface area contributed by atoms with E-state index in [2.05, 4.69) is 19.9 Å². The highest BCUT2D eigenvalue weighted by Crippen LogP contribution is 2.76. The molecule has 10 aliphatic rings. The van der Waals surface area contributed by atoms with Gasteiger partial charge in [-0.3, -0.25) is 0 Å². The zero-order valence-corrected chi connectivity index (χ0v) is 59.1. The van der Waals surface area contributed by atoms with Crippen LogP contribution in [0.2, 0.25) is 0 Å². The number of hydrogen-bond acceptors (Lipinski definition) is 33. The highest BCUT2D eigenvalue weighted by atomic mass is 16.8. The second kappa shape index (κ2) is 31.2. The molecule has 33 heteroatoms. The Kier molecular flexibility index (Phi) is 24.9. The number of aliphatic hydroxyl groups excluding tert-OH is 19. The van der Waals surface area contributed by atoms with Crippen LogP contribution in [-0.4, -0.2) is 333 Å². The first-order valence-electron chi connectivity index (χ1n) is 35.4. The quantitative estimate of drug-likeness (QED) is 0.0234. The van der Waals surface area contributed by atoms with Crippen molar-refractivity contribution in [2.75, 3.05) is 46.2 Å². The maximum Gasteiger partial charge on any atom is 0.333 e. The van der Waals surface area contributed by atoms with Crippen molar-refractivity contribution in [2.45, 2.75) is 286 Å². The molecule has 37 unspecified atom stereocenters. The van der Waals surface area contributed by atoms with Crippen LogP contribution in [0.1, 0.15) is 108 Å². The summed E-state index contributed by atoms with van der Waals surface area (Å²) in [4.78, 5) is 27.7. The van der Waals surface area contributed by atoms with Crippen LogP contribution in [0.3, 0.4) is 0 Å². The second-order valence-corrected chi connectivity index (χ2v) is 31.5. The van der Waals surface area contributed by atoms with Crippen molar-refractivity contribution in [1.82, 2.24) is 0 Å². The van der Waals surface area contributed by atoms with Crippen LogP contribution in [0.4, 0.5) is 0 Å². The SMILES string of the molecule is CC=C(C)C(=O)OC1C(OC(=O)C(C)=CC)C2(CO)C(CC1(C)C)C1=CCC3C4(C)CCC(OC5OC(COC6OCC(O)C(OC7OC(CO)C(O)C(O)C7O)C6O)C(OC6OC(CO)C(O)C(O)C6O)C(O)C5OC5OC(CO)C(O)C(O)C5O)C(C)(CO)C4CCC3(C)C1(C)C(O)C2O. The first-order chi connectivity index (χ1) is 47.9. The van der Waals surface area contributed by atoms with Gasteiger partial charge >= 0.3 is 11.9 Å². The Balaban J connectivity index is 0.990. The minimum Gasteiger partial charge on any atom is -0.454 e. The lowest BCUT2D eigenvalue weighted by Crippen LogP contribution is -2.76. The molecular formula is C69H110O33. The van der Waals surface area contributed by atoms with E-state index in [1.165, 1.54) is 0 Å². The fraction of sp³-hybridized carbons (Fsp3) is 0.884. The molecule has 37 atom stereocenters. The summed E-state index contributed by atoms with van der Waals surface area (Å²) < 4.78 is 73.5. The standard InChI is InChI=1S/C69H110O33/c1-11-27(3)57(89)101-55-56(102-58(90)28(4)12-2)69(26-74)30(19-64(55,5)6)29-13-14-37-65(7)17-16-38(66(8,25-73)36(65)15-18-67(37,9)68(29,10)53(87)54(69)88)97-63-52(100-62-47(84)44(81)41(78)34(22-72)95-62)48(85)51(99-61-46(83)43(80)40(77)33(21-71)94-61)35(96-63)24-92-59-49(86)50(31(75)23-91-59)98-60-45(82)42(79)39(76)32(20-70)93-60/h11-13,30-56,59-63,70-88H,14-26H2,1-10H3. The number of carbonyl (C=O) groups is 2. The van der Waals surface area contributed by atoms with Gasteiger partial charge < -0.3 is 154 Å². The number of allylic oxidation sites excluding steroid dienone is 3. The van der Waals surface area contributed by atoms with Crippen LogP contribution in [0.5, 0.6) is 0 Å². The van der Waals surface area contributed by atoms with Gasteiger partial charge in [0.05, 0.1) is 70.0 Å². The second-order valence-electron chi connectivity index (χ2n) is 31.5. The first kappa shape index (κ1) is 81.5. The number of rotatable bonds is 20. The molecular weight excluding hydrogens is 1360 g/mol. The summed E-state index contributed by atoms with van der Waals surface area (Å²) in [6.45, 7) is 12.6. The zero-order chi connectivity index (χ0) is 75.2. The molecule has 4 saturated carbocycles. The summed E-state index contributed by atoms with van der Waals surface area (Å²) in [5.74, 6) is -3.02. The number of carbonyl (C=O) groups excluding carboxylic acids is 2. The Bertz CT molecular complexity index is 2990. The third kappa shape index (κ3) is 13.6. The highest BCUT2D eigenvalue weighted by Gasteiger charge is 2.77. The number of esters is 2. The fourth-order valence-corrected chi connectivity index (χ4v) is 19.1. The normalized spacial score (nSPS) is 51.3. The molecule has 5 aliphatic carbocycles. The summed E-state index contributed by atoms with van der Waals surface area (Å²) >= 11 is 0. The molecule has 10 rings (SSSR count). The lowest BCUT2D eigenvalue weighted by molar-refractivity contribution is -0.400. The summed E-state index contributed by atoms with van der Waals surface area (Å²) in [7, 11) is 0. The average molecular weight is 1470 g/mol. The van der Waals surface area contributed by atoms with Crippen LogP contribution in [0.15, 0.2) is 34.9 Å². The number of ether oxygens (including phenoxy) is 12. The Morgan fingerprint density at radius 2 is 1.01 bits per heavy atom. The summed E-state index contributed by atoms with van der Waals surface area (Å²) in [5, 5.41) is 215. The van der Waals surface area contributed by atoms with Crippen molar-refractivity contribution in [3.05, 3.63) is 34.9 Å². The fourth-order valence-electron chi connectivity index (χ4n) is 19.1. The minimum atomic E-state index is -2.19. The molecule has 0 amide bonds. The van der Waals surface area contributed by atoms with Crippen molar-refractivity contribution in [2.24, 2.45) is 50.2 Å². The van der Waals surface area contributed by atoms with E-state index in [-0.39, 0.29) is 29.9 Å². The van der Waals surface area contributed by atoms with Crippen molar-refractivity contribution in [3.63, 3.8) is 0 Å². The van der Waals surface area contributed by atoms with Crippen LogP contribution < -0.4 is 0 Å². The lowest BCUT2D eigenvalue weighted by Gasteiger charge is -2.73. The van der Waals surface area contributed by atoms with Gasteiger partial charge in [-0.2, -0.15) is 0 Å². The van der Waals surface area contributed by atoms with Gasteiger partial charge in [-0.15, -0.1) is 0 Å². The van der Waals surface area contributed by atoms with Crippen molar-refractivity contribution in [3.8, 4) is 0 Å². The molecule has 5 aliphatic heterocycles. The molecule has 0 aromatic rings. The molecule has 0 radical (unpaired) electrons. The smallest absolute Gasteiger partial charge is 0.333 e. The Morgan fingerprint density at radius 1 is 0.520 bits per heavy atom. The van der Waals surface area contributed by atoms with E-state index in [4.69, 9.17) is 56.8 Å². The van der Waals surface area contributed by atoms with Crippen LogP contribution in [0.25, 0.3) is 0 Å². The Hall–Kier alpha value is -3.00. The molecule has 5 heterocycles. The Morgan fingerprint density at radius 3 is 1.50 bits per heavy atom. The predicted octanol–water partition coefficient (Wildman–Crippen LogP) is -5.21. The van der Waals surface area contributed by atoms with Crippen molar-refractivity contribution < 1.29 is 163 Å². The van der Waals surface area contributed by atoms with E-state index in [0.717, 1.165) is 5.57 Å². The minimum absolute atomic E-state index is 0.111. The van der Waals surface area contributed by atoms with Crippen molar-refractivity contribution >= 4 is 11.9 Å². The van der Waals surface area contributed by atoms with Gasteiger partial charge in [0, 0.05) is 27.4 Å². The highest BCUT2D eigenvalue weighted by molar-refractivity contribution is 5.89. The first-order valence-corrected chi connectivity index (χ1v) is 35.4. The monoisotopic (exact) mass is 1470 g/mol. The van der Waals surface area contributed by atoms with E-state index in [0.29, 0.717) is 25.7 Å². The lowest BCUT2D eigenvalue weighted by atomic mass is 9.32. The third-order valence-corrected chi connectivity index (χ3v) is 25.7. The molecule has 0 bridgehead atoms. The molecule has 9 fully saturated rings. The average Bonchev–Trinajstić information content (AvgIpc) is 0.661. The van der Waals surface area contributed by atoms with E-state index in [9.17, 15) is 107 Å². The molecule has 33 nitrogen and oxygen atoms in total. The summed E-state index contributed by atoms with van der Waals surface area (Å²) in [5.41, 5.74) is -5.73. The van der Waals surface area contributed by atoms with Crippen molar-refractivity contribution in [1.29, 1.82) is 0 Å². The number of aliphatic hydroxyl groups is 19. The van der Waals surface area contributed by atoms with E-state index in [1.807, 2.05) is 27.7 Å². The van der Waals surface area contributed by atoms with E-state index in [1.54, 1.807) is 39.8 Å². The Labute approximate surface area is 590 Å². The molecule has 5 saturated heterocycles.